The lowest BCUT2D eigenvalue weighted by molar-refractivity contribution is -0.147. The number of fused-ring (bicyclic) bond motifs is 1. The van der Waals surface area contributed by atoms with Crippen LogP contribution in [0.5, 0.6) is 0 Å². The van der Waals surface area contributed by atoms with E-state index in [1.165, 1.54) is 13.0 Å². The first-order valence-corrected chi connectivity index (χ1v) is 9.52. The zero-order chi connectivity index (χ0) is 21.7. The van der Waals surface area contributed by atoms with Crippen LogP contribution in [0, 0.1) is 5.92 Å². The summed E-state index contributed by atoms with van der Waals surface area (Å²) in [5, 5.41) is 10.2. The van der Waals surface area contributed by atoms with Crippen LogP contribution < -0.4 is 0 Å². The molecule has 1 aliphatic carbocycles. The zero-order valence-corrected chi connectivity index (χ0v) is 17.3. The summed E-state index contributed by atoms with van der Waals surface area (Å²) in [5.41, 5.74) is 2.23. The van der Waals surface area contributed by atoms with Crippen molar-refractivity contribution < 1.29 is 33.7 Å². The van der Waals surface area contributed by atoms with Gasteiger partial charge in [-0.1, -0.05) is 23.8 Å². The smallest absolute Gasteiger partial charge is 0.334 e. The molecule has 0 bridgehead atoms. The number of carbonyl (C=O) groups excluding carboxylic acids is 3. The molecule has 29 heavy (non-hydrogen) atoms. The predicted octanol–water partition coefficient (Wildman–Crippen LogP) is 2.55. The summed E-state index contributed by atoms with van der Waals surface area (Å²) in [4.78, 5) is 35.6. The Hall–Kier alpha value is -2.67. The van der Waals surface area contributed by atoms with Gasteiger partial charge in [0, 0.05) is 24.5 Å². The summed E-state index contributed by atoms with van der Waals surface area (Å²) in [6.07, 6.45) is 3.72. The van der Waals surface area contributed by atoms with E-state index in [1.807, 2.05) is 13.8 Å². The fourth-order valence-corrected chi connectivity index (χ4v) is 3.47. The molecule has 0 amide bonds. The van der Waals surface area contributed by atoms with E-state index in [0.717, 1.165) is 11.1 Å². The molecule has 1 heterocycles. The topological polar surface area (TPSA) is 99.1 Å². The van der Waals surface area contributed by atoms with Gasteiger partial charge in [0.25, 0.3) is 0 Å². The number of aliphatic hydroxyl groups excluding tert-OH is 1. The summed E-state index contributed by atoms with van der Waals surface area (Å²) in [7, 11) is 0. The molecule has 2 rings (SSSR count). The maximum Gasteiger partial charge on any atom is 0.334 e. The molecular formula is C22H28O7. The second kappa shape index (κ2) is 9.69. The molecule has 0 aromatic heterocycles. The molecule has 1 saturated heterocycles. The van der Waals surface area contributed by atoms with Crippen LogP contribution in [0.1, 0.15) is 40.5 Å². The lowest BCUT2D eigenvalue weighted by Crippen LogP contribution is -2.34. The van der Waals surface area contributed by atoms with Gasteiger partial charge < -0.3 is 19.3 Å². The average molecular weight is 404 g/mol. The zero-order valence-electron chi connectivity index (χ0n) is 17.3. The third-order valence-corrected chi connectivity index (χ3v) is 4.90. The molecule has 2 aliphatic rings. The van der Waals surface area contributed by atoms with E-state index in [9.17, 15) is 19.5 Å². The number of hydrogen-bond acceptors (Lipinski definition) is 7. The van der Waals surface area contributed by atoms with Crippen LogP contribution >= 0.6 is 0 Å². The number of esters is 3. The Morgan fingerprint density at radius 1 is 1.24 bits per heavy atom. The molecule has 0 unspecified atom stereocenters. The predicted molar refractivity (Wildman–Crippen MR) is 106 cm³/mol. The molecule has 7 heteroatoms. The summed E-state index contributed by atoms with van der Waals surface area (Å²) in [5.74, 6) is -2.08. The van der Waals surface area contributed by atoms with Crippen LogP contribution in [-0.2, 0) is 28.6 Å². The summed E-state index contributed by atoms with van der Waals surface area (Å²) in [6.45, 7) is 10.3. The fourth-order valence-electron chi connectivity index (χ4n) is 3.47. The van der Waals surface area contributed by atoms with Gasteiger partial charge in [-0.2, -0.15) is 0 Å². The Morgan fingerprint density at radius 2 is 1.90 bits per heavy atom. The van der Waals surface area contributed by atoms with Gasteiger partial charge >= 0.3 is 17.9 Å². The van der Waals surface area contributed by atoms with Gasteiger partial charge in [0.2, 0.25) is 0 Å². The molecule has 0 aromatic carbocycles. The molecule has 0 spiro atoms. The van der Waals surface area contributed by atoms with Crippen molar-refractivity contribution in [3.63, 3.8) is 0 Å². The highest BCUT2D eigenvalue weighted by Crippen LogP contribution is 2.36. The van der Waals surface area contributed by atoms with Crippen molar-refractivity contribution in [2.45, 2.75) is 58.8 Å². The Morgan fingerprint density at radius 3 is 2.55 bits per heavy atom. The lowest BCUT2D eigenvalue weighted by Gasteiger charge is -2.28. The normalized spacial score (nSPS) is 31.6. The lowest BCUT2D eigenvalue weighted by atomic mass is 9.85. The molecule has 7 nitrogen and oxygen atoms in total. The van der Waals surface area contributed by atoms with E-state index in [2.05, 4.69) is 6.58 Å². The molecule has 4 atom stereocenters. The highest BCUT2D eigenvalue weighted by Gasteiger charge is 2.44. The Kier molecular flexibility index (Phi) is 7.56. The van der Waals surface area contributed by atoms with Gasteiger partial charge in [-0.05, 0) is 39.3 Å². The maximum absolute atomic E-state index is 12.6. The Labute approximate surface area is 170 Å². The SMILES string of the molecule is C=C1C(=O)O[C@@H]2/C=C(/C)C[C@H](O)/C=C(/C)C[C@@H](OC(=O)/C(C)=C\COC(C)=O)[C@@H]12. The van der Waals surface area contributed by atoms with E-state index in [1.54, 1.807) is 19.1 Å². The van der Waals surface area contributed by atoms with Gasteiger partial charge in [0.15, 0.2) is 0 Å². The van der Waals surface area contributed by atoms with Crippen molar-refractivity contribution in [2.24, 2.45) is 5.92 Å². The molecule has 0 saturated carbocycles. The first-order chi connectivity index (χ1) is 13.6. The average Bonchev–Trinajstić information content (AvgIpc) is 2.86. The minimum atomic E-state index is -0.700. The summed E-state index contributed by atoms with van der Waals surface area (Å²) >= 11 is 0. The fraction of sp³-hybridized carbons (Fsp3) is 0.500. The second-order valence-electron chi connectivity index (χ2n) is 7.56. The first-order valence-electron chi connectivity index (χ1n) is 9.52. The van der Waals surface area contributed by atoms with Crippen molar-refractivity contribution in [2.75, 3.05) is 6.61 Å². The van der Waals surface area contributed by atoms with Gasteiger partial charge in [-0.15, -0.1) is 0 Å². The van der Waals surface area contributed by atoms with E-state index >= 15 is 0 Å². The van der Waals surface area contributed by atoms with Crippen LogP contribution in [0.3, 0.4) is 0 Å². The van der Waals surface area contributed by atoms with E-state index in [-0.39, 0.29) is 17.8 Å². The largest absolute Gasteiger partial charge is 0.462 e. The van der Waals surface area contributed by atoms with E-state index < -0.39 is 42.1 Å². The van der Waals surface area contributed by atoms with Crippen LogP contribution in [0.25, 0.3) is 0 Å². The third kappa shape index (κ3) is 6.15. The highest BCUT2D eigenvalue weighted by molar-refractivity contribution is 5.92. The maximum atomic E-state index is 12.6. The molecule has 0 radical (unpaired) electrons. The van der Waals surface area contributed by atoms with Gasteiger partial charge in [0.1, 0.15) is 18.8 Å². The molecular weight excluding hydrogens is 376 g/mol. The Balaban J connectivity index is 2.29. The molecule has 1 aliphatic heterocycles. The van der Waals surface area contributed by atoms with Gasteiger partial charge in [0.05, 0.1) is 12.0 Å². The van der Waals surface area contributed by atoms with Crippen molar-refractivity contribution in [3.05, 3.63) is 47.1 Å². The van der Waals surface area contributed by atoms with Gasteiger partial charge in [-0.25, -0.2) is 9.59 Å². The quantitative estimate of drug-likeness (QED) is 0.333. The monoisotopic (exact) mass is 404 g/mol. The van der Waals surface area contributed by atoms with Crippen LogP contribution in [0.2, 0.25) is 0 Å². The third-order valence-electron chi connectivity index (χ3n) is 4.90. The minimum absolute atomic E-state index is 0.0334. The van der Waals surface area contributed by atoms with Crippen molar-refractivity contribution in [1.29, 1.82) is 0 Å². The number of rotatable bonds is 4. The molecule has 158 valence electrons. The first kappa shape index (κ1) is 22.6. The number of ether oxygens (including phenoxy) is 3. The Bertz CT molecular complexity index is 787. The van der Waals surface area contributed by atoms with Crippen LogP contribution in [0.15, 0.2) is 47.1 Å². The molecule has 1 fully saturated rings. The van der Waals surface area contributed by atoms with E-state index in [0.29, 0.717) is 12.8 Å². The van der Waals surface area contributed by atoms with Crippen LogP contribution in [-0.4, -0.2) is 47.9 Å². The van der Waals surface area contributed by atoms with Crippen molar-refractivity contribution in [3.8, 4) is 0 Å². The second-order valence-corrected chi connectivity index (χ2v) is 7.56. The standard InChI is InChI=1S/C22H28O7/c1-12-8-17(24)9-13(2)11-19-20(15(4)22(26)29-19)18(10-12)28-21(25)14(3)6-7-27-16(5)23/h6,8,11,17-20,24H,4,7,9-10H2,1-3,5H3/b12-8-,13-11-,14-6-/t17-,18-,19-,20-/m1/s1. The van der Waals surface area contributed by atoms with Crippen molar-refractivity contribution in [1.82, 2.24) is 0 Å². The summed E-state index contributed by atoms with van der Waals surface area (Å²) in [6, 6.07) is 0. The van der Waals surface area contributed by atoms with Crippen molar-refractivity contribution >= 4 is 17.9 Å². The van der Waals surface area contributed by atoms with Gasteiger partial charge in [-0.3, -0.25) is 4.79 Å². The van der Waals surface area contributed by atoms with E-state index in [4.69, 9.17) is 14.2 Å². The highest BCUT2D eigenvalue weighted by atomic mass is 16.6. The molecule has 1 N–H and O–H groups in total. The molecule has 0 aromatic rings. The summed E-state index contributed by atoms with van der Waals surface area (Å²) < 4.78 is 16.0. The van der Waals surface area contributed by atoms with Crippen LogP contribution in [0.4, 0.5) is 0 Å². The number of hydrogen-bond donors (Lipinski definition) is 1. The minimum Gasteiger partial charge on any atom is -0.462 e. The number of carbonyl (C=O) groups is 3. The number of aliphatic hydroxyl groups is 1.